The maximum atomic E-state index is 5.61. The van der Waals surface area contributed by atoms with Gasteiger partial charge in [0, 0.05) is 17.8 Å². The third-order valence-electron chi connectivity index (χ3n) is 4.41. The molecule has 4 heteroatoms. The van der Waals surface area contributed by atoms with Crippen molar-refractivity contribution in [3.8, 4) is 5.69 Å². The number of hydrogen-bond donors (Lipinski definition) is 1. The zero-order chi connectivity index (χ0) is 15.1. The van der Waals surface area contributed by atoms with Crippen molar-refractivity contribution >= 4 is 5.57 Å². The minimum absolute atomic E-state index is 0.347. The van der Waals surface area contributed by atoms with Gasteiger partial charge in [-0.1, -0.05) is 18.2 Å². The molecular formula is C18H21N3O. The normalized spacial score (nSPS) is 24.2. The van der Waals surface area contributed by atoms with Crippen LogP contribution in [-0.2, 0) is 4.74 Å². The monoisotopic (exact) mass is 295 g/mol. The molecule has 0 saturated carbocycles. The largest absolute Gasteiger partial charge is 0.378 e. The van der Waals surface area contributed by atoms with Crippen LogP contribution in [0.15, 0.2) is 36.4 Å². The Kier molecular flexibility index (Phi) is 3.36. The van der Waals surface area contributed by atoms with Crippen LogP contribution in [0.2, 0.25) is 0 Å². The molecule has 2 bridgehead atoms. The van der Waals surface area contributed by atoms with Gasteiger partial charge in [0.05, 0.1) is 24.6 Å². The van der Waals surface area contributed by atoms with Gasteiger partial charge in [-0.3, -0.25) is 0 Å². The third kappa shape index (κ3) is 2.49. The van der Waals surface area contributed by atoms with Gasteiger partial charge >= 0.3 is 0 Å². The molecular weight excluding hydrogens is 274 g/mol. The molecule has 22 heavy (non-hydrogen) atoms. The minimum atomic E-state index is 0.347. The smallest absolute Gasteiger partial charge is 0.0656 e. The highest BCUT2D eigenvalue weighted by Gasteiger charge is 2.26. The molecule has 2 aliphatic heterocycles. The number of aryl methyl sites for hydroxylation is 2. The van der Waals surface area contributed by atoms with Gasteiger partial charge in [0.1, 0.15) is 0 Å². The molecule has 1 saturated heterocycles. The van der Waals surface area contributed by atoms with Crippen molar-refractivity contribution in [1.82, 2.24) is 15.1 Å². The van der Waals surface area contributed by atoms with Gasteiger partial charge in [0.25, 0.3) is 0 Å². The number of nitrogens with one attached hydrogen (secondary N) is 1. The molecule has 4 nitrogen and oxygen atoms in total. The average molecular weight is 295 g/mol. The lowest BCUT2D eigenvalue weighted by Gasteiger charge is -2.35. The van der Waals surface area contributed by atoms with E-state index in [9.17, 15) is 0 Å². The Bertz CT molecular complexity index is 732. The van der Waals surface area contributed by atoms with E-state index >= 15 is 0 Å². The van der Waals surface area contributed by atoms with E-state index in [4.69, 9.17) is 4.74 Å². The van der Waals surface area contributed by atoms with Gasteiger partial charge in [-0.15, -0.1) is 0 Å². The standard InChI is InChI=1S/C18H21N3O/c1-12-6-13(2)21(20-12)18-5-3-4-14(9-18)15-7-16-10-22-11-17(8-15)19-16/h3-7,9,16-17,19H,8,10-11H2,1-2H3. The molecule has 1 aromatic heterocycles. The molecule has 1 N–H and O–H groups in total. The van der Waals surface area contributed by atoms with E-state index in [1.165, 1.54) is 16.8 Å². The summed E-state index contributed by atoms with van der Waals surface area (Å²) in [5, 5.41) is 8.18. The molecule has 0 aliphatic carbocycles. The average Bonchev–Trinajstić information content (AvgIpc) is 2.86. The van der Waals surface area contributed by atoms with Crippen molar-refractivity contribution in [2.45, 2.75) is 32.4 Å². The Morgan fingerprint density at radius 3 is 2.91 bits per heavy atom. The van der Waals surface area contributed by atoms with Crippen molar-refractivity contribution in [1.29, 1.82) is 0 Å². The Balaban J connectivity index is 1.70. The highest BCUT2D eigenvalue weighted by atomic mass is 16.5. The van der Waals surface area contributed by atoms with Crippen LogP contribution in [0.4, 0.5) is 0 Å². The Labute approximate surface area is 130 Å². The second-order valence-electron chi connectivity index (χ2n) is 6.29. The lowest BCUT2D eigenvalue weighted by molar-refractivity contribution is 0.0561. The van der Waals surface area contributed by atoms with E-state index in [1.807, 2.05) is 11.6 Å². The first kappa shape index (κ1) is 13.7. The predicted molar refractivity (Wildman–Crippen MR) is 87.2 cm³/mol. The maximum absolute atomic E-state index is 5.61. The van der Waals surface area contributed by atoms with Crippen LogP contribution >= 0.6 is 0 Å². The summed E-state index contributed by atoms with van der Waals surface area (Å²) in [5.41, 5.74) is 6.06. The molecule has 3 heterocycles. The first-order chi connectivity index (χ1) is 10.7. The van der Waals surface area contributed by atoms with Gasteiger partial charge in [0.15, 0.2) is 0 Å². The highest BCUT2D eigenvalue weighted by molar-refractivity contribution is 5.69. The summed E-state index contributed by atoms with van der Waals surface area (Å²) < 4.78 is 7.63. The first-order valence-electron chi connectivity index (χ1n) is 7.87. The molecule has 0 amide bonds. The van der Waals surface area contributed by atoms with Crippen molar-refractivity contribution in [3.63, 3.8) is 0 Å². The van der Waals surface area contributed by atoms with Crippen LogP contribution < -0.4 is 5.32 Å². The first-order valence-corrected chi connectivity index (χ1v) is 7.87. The fraction of sp³-hybridized carbons (Fsp3) is 0.389. The van der Waals surface area contributed by atoms with Gasteiger partial charge < -0.3 is 10.1 Å². The number of nitrogens with zero attached hydrogens (tertiary/aromatic N) is 2. The minimum Gasteiger partial charge on any atom is -0.378 e. The van der Waals surface area contributed by atoms with E-state index in [0.717, 1.165) is 31.0 Å². The van der Waals surface area contributed by atoms with Gasteiger partial charge in [-0.2, -0.15) is 5.10 Å². The highest BCUT2D eigenvalue weighted by Crippen LogP contribution is 2.28. The van der Waals surface area contributed by atoms with Crippen molar-refractivity contribution in [3.05, 3.63) is 53.4 Å². The van der Waals surface area contributed by atoms with Crippen LogP contribution in [0.25, 0.3) is 11.3 Å². The fourth-order valence-electron chi connectivity index (χ4n) is 3.47. The molecule has 4 rings (SSSR count). The zero-order valence-corrected chi connectivity index (χ0v) is 13.0. The molecule has 0 radical (unpaired) electrons. The zero-order valence-electron chi connectivity index (χ0n) is 13.0. The van der Waals surface area contributed by atoms with Crippen molar-refractivity contribution in [2.24, 2.45) is 0 Å². The summed E-state index contributed by atoms with van der Waals surface area (Å²) in [4.78, 5) is 0. The van der Waals surface area contributed by atoms with Crippen LogP contribution in [-0.4, -0.2) is 35.1 Å². The summed E-state index contributed by atoms with van der Waals surface area (Å²) >= 11 is 0. The Hall–Kier alpha value is -1.91. The Morgan fingerprint density at radius 1 is 1.23 bits per heavy atom. The van der Waals surface area contributed by atoms with Gasteiger partial charge in [-0.25, -0.2) is 4.68 Å². The van der Waals surface area contributed by atoms with Crippen LogP contribution in [0.1, 0.15) is 23.4 Å². The van der Waals surface area contributed by atoms with E-state index in [1.54, 1.807) is 0 Å². The summed E-state index contributed by atoms with van der Waals surface area (Å²) in [6, 6.07) is 11.6. The van der Waals surface area contributed by atoms with Crippen molar-refractivity contribution < 1.29 is 4.74 Å². The third-order valence-corrected chi connectivity index (χ3v) is 4.41. The van der Waals surface area contributed by atoms with E-state index in [-0.39, 0.29) is 0 Å². The number of rotatable bonds is 2. The second-order valence-corrected chi connectivity index (χ2v) is 6.29. The SMILES string of the molecule is Cc1cc(C)n(-c2cccc(C3=CC4COCC(C3)N4)c2)n1. The molecule has 114 valence electrons. The lowest BCUT2D eigenvalue weighted by atomic mass is 9.91. The molecule has 2 atom stereocenters. The van der Waals surface area contributed by atoms with Gasteiger partial charge in [-0.05, 0) is 49.6 Å². The summed E-state index contributed by atoms with van der Waals surface area (Å²) in [6.45, 7) is 5.71. The van der Waals surface area contributed by atoms with Crippen LogP contribution in [0.3, 0.4) is 0 Å². The number of ether oxygens (including phenoxy) is 1. The maximum Gasteiger partial charge on any atom is 0.0656 e. The number of morpholine rings is 1. The summed E-state index contributed by atoms with van der Waals surface area (Å²) in [7, 11) is 0. The topological polar surface area (TPSA) is 39.1 Å². The predicted octanol–water partition coefficient (Wildman–Crippen LogP) is 2.63. The number of fused-ring (bicyclic) bond motifs is 2. The lowest BCUT2D eigenvalue weighted by Crippen LogP contribution is -2.50. The fourth-order valence-corrected chi connectivity index (χ4v) is 3.47. The molecule has 1 fully saturated rings. The number of aromatic nitrogens is 2. The molecule has 0 spiro atoms. The summed E-state index contributed by atoms with van der Waals surface area (Å²) in [5.74, 6) is 0. The van der Waals surface area contributed by atoms with E-state index in [0.29, 0.717) is 12.1 Å². The van der Waals surface area contributed by atoms with Gasteiger partial charge in [0.2, 0.25) is 0 Å². The Morgan fingerprint density at radius 2 is 2.14 bits per heavy atom. The second kappa shape index (κ2) is 5.38. The molecule has 2 unspecified atom stereocenters. The van der Waals surface area contributed by atoms with Crippen molar-refractivity contribution in [2.75, 3.05) is 13.2 Å². The number of hydrogen-bond acceptors (Lipinski definition) is 3. The van der Waals surface area contributed by atoms with Crippen LogP contribution in [0.5, 0.6) is 0 Å². The van der Waals surface area contributed by atoms with E-state index in [2.05, 4.69) is 53.7 Å². The molecule has 2 aliphatic rings. The quantitative estimate of drug-likeness (QED) is 0.925. The molecule has 2 aromatic rings. The number of benzene rings is 1. The molecule has 1 aromatic carbocycles. The van der Waals surface area contributed by atoms with Crippen LogP contribution in [0, 0.1) is 13.8 Å². The van der Waals surface area contributed by atoms with E-state index < -0.39 is 0 Å². The summed E-state index contributed by atoms with van der Waals surface area (Å²) in [6.07, 6.45) is 3.34.